The molecule has 1 aliphatic carbocycles. The van der Waals surface area contributed by atoms with Crippen molar-refractivity contribution in [2.75, 3.05) is 0 Å². The predicted octanol–water partition coefficient (Wildman–Crippen LogP) is 10.6. The fraction of sp³-hybridized carbons (Fsp3) is 0.231. The molecule has 0 aromatic heterocycles. The molecular weight excluding hydrogens is 560 g/mol. The summed E-state index contributed by atoms with van der Waals surface area (Å²) in [5.41, 5.74) is 8.47. The Balaban J connectivity index is 0.000000141. The summed E-state index contributed by atoms with van der Waals surface area (Å²) in [5, 5.41) is 5.46. The van der Waals surface area contributed by atoms with Gasteiger partial charge in [0.1, 0.15) is 0 Å². The van der Waals surface area contributed by atoms with Crippen LogP contribution in [0.15, 0.2) is 120 Å². The zero-order valence-corrected chi connectivity index (χ0v) is 27.0. The van der Waals surface area contributed by atoms with Crippen LogP contribution in [0.3, 0.4) is 0 Å². The van der Waals surface area contributed by atoms with E-state index in [9.17, 15) is 0 Å². The third-order valence-electron chi connectivity index (χ3n) is 7.60. The van der Waals surface area contributed by atoms with Crippen LogP contribution in [-0.4, -0.2) is 3.21 Å². The summed E-state index contributed by atoms with van der Waals surface area (Å²) in [6.45, 7) is 11.0. The summed E-state index contributed by atoms with van der Waals surface area (Å²) in [7, 11) is 0. The molecule has 0 nitrogen and oxygen atoms in total. The topological polar surface area (TPSA) is 0 Å². The van der Waals surface area contributed by atoms with Crippen LogP contribution in [0.2, 0.25) is 0 Å². The van der Waals surface area contributed by atoms with Crippen molar-refractivity contribution in [3.63, 3.8) is 0 Å². The maximum absolute atomic E-state index is 3.41. The summed E-state index contributed by atoms with van der Waals surface area (Å²) in [6.07, 6.45) is 9.18. The Hall–Kier alpha value is -3.02. The summed E-state index contributed by atoms with van der Waals surface area (Å²) in [6, 6.07) is 36.7. The van der Waals surface area contributed by atoms with Gasteiger partial charge in [-0.1, -0.05) is 81.3 Å². The standard InChI is InChI=1S/C15H13.C13H10.C11H17.Zr/c1-10-3-5-14-12(7-10)9-13-8-11(2)4-6-15(13)14;1-3-7-12(8-4-1)11-13-9-5-2-6-10-13;1-4-9-7-8-10(5-2)11(9)6-3;/h3-9H,1-2H3;1-10H;7,10H,4-6H2,1-3H3;/q-1;;-1;+2. The molecule has 0 saturated heterocycles. The van der Waals surface area contributed by atoms with Crippen LogP contribution in [-0.2, 0) is 24.2 Å². The van der Waals surface area contributed by atoms with Gasteiger partial charge in [-0.15, -0.1) is 39.7 Å². The molecule has 0 saturated carbocycles. The summed E-state index contributed by atoms with van der Waals surface area (Å²) in [4.78, 5) is 0. The zero-order chi connectivity index (χ0) is 28.5. The van der Waals surface area contributed by atoms with Gasteiger partial charge in [0, 0.05) is 0 Å². The molecule has 0 amide bonds. The Kier molecular flexibility index (Phi) is 10.9. The van der Waals surface area contributed by atoms with Gasteiger partial charge >= 0.3 is 99.2 Å². The van der Waals surface area contributed by atoms with Gasteiger partial charge in [-0.3, -0.25) is 6.08 Å². The normalized spacial score (nSPS) is 14.1. The number of hydrogen-bond donors (Lipinski definition) is 0. The van der Waals surface area contributed by atoms with Gasteiger partial charge in [0.15, 0.2) is 0 Å². The molecule has 1 heteroatoms. The SMILES string of the molecule is CCC1=C(CC)C(CC)[C-]=C1.Cc1ccc2c(c1)[cH-]c1cc(C)ccc12.[Zr+2]=[C](c1ccccc1)c1ccccc1. The molecule has 200 valence electrons. The Bertz CT molecular complexity index is 1520. The first kappa shape index (κ1) is 30.0. The average Bonchev–Trinajstić information content (AvgIpc) is 3.57. The number of allylic oxidation sites excluding steroid dienone is 4. The van der Waals surface area contributed by atoms with Gasteiger partial charge < -0.3 is 0 Å². The molecule has 5 aromatic carbocycles. The van der Waals surface area contributed by atoms with Gasteiger partial charge in [0.05, 0.1) is 0 Å². The van der Waals surface area contributed by atoms with Gasteiger partial charge in [0.25, 0.3) is 0 Å². The number of benzene rings is 4. The van der Waals surface area contributed by atoms with E-state index in [0.717, 1.165) is 0 Å². The molecule has 0 fully saturated rings. The molecule has 0 spiro atoms. The number of aryl methyl sites for hydroxylation is 2. The molecule has 5 aromatic rings. The predicted molar refractivity (Wildman–Crippen MR) is 172 cm³/mol. The molecule has 0 heterocycles. The van der Waals surface area contributed by atoms with Crippen LogP contribution < -0.4 is 0 Å². The quantitative estimate of drug-likeness (QED) is 0.176. The summed E-state index contributed by atoms with van der Waals surface area (Å²) in [5.74, 6) is 0.634. The van der Waals surface area contributed by atoms with E-state index in [4.69, 9.17) is 0 Å². The van der Waals surface area contributed by atoms with Crippen LogP contribution >= 0.6 is 0 Å². The molecule has 0 aliphatic heterocycles. The molecular formula is C39H40Zr. The van der Waals surface area contributed by atoms with Crippen LogP contribution in [0, 0.1) is 25.8 Å². The second kappa shape index (κ2) is 14.6. The first-order valence-electron chi connectivity index (χ1n) is 14.5. The first-order valence-corrected chi connectivity index (χ1v) is 15.7. The summed E-state index contributed by atoms with van der Waals surface area (Å²) < 4.78 is 1.42. The number of rotatable bonds is 5. The van der Waals surface area contributed by atoms with E-state index in [2.05, 4.69) is 150 Å². The molecule has 0 N–H and O–H groups in total. The van der Waals surface area contributed by atoms with Crippen molar-refractivity contribution in [3.05, 3.63) is 149 Å². The number of fused-ring (bicyclic) bond motifs is 3. The number of hydrogen-bond acceptors (Lipinski definition) is 0. The second-order valence-electron chi connectivity index (χ2n) is 10.5. The van der Waals surface area contributed by atoms with E-state index in [-0.39, 0.29) is 0 Å². The van der Waals surface area contributed by atoms with Crippen LogP contribution in [0.25, 0.3) is 21.5 Å². The third kappa shape index (κ3) is 7.38. The van der Waals surface area contributed by atoms with E-state index in [1.165, 1.54) is 96.1 Å². The Labute approximate surface area is 256 Å². The fourth-order valence-electron chi connectivity index (χ4n) is 5.42. The maximum atomic E-state index is 3.41. The Morgan fingerprint density at radius 2 is 1.20 bits per heavy atom. The van der Waals surface area contributed by atoms with Crippen molar-refractivity contribution in [1.29, 1.82) is 0 Å². The molecule has 0 bridgehead atoms. The minimum atomic E-state index is 0.634. The minimum absolute atomic E-state index is 0.634. The van der Waals surface area contributed by atoms with Crippen LogP contribution in [0.4, 0.5) is 0 Å². The Morgan fingerprint density at radius 3 is 1.62 bits per heavy atom. The van der Waals surface area contributed by atoms with Crippen molar-refractivity contribution in [3.8, 4) is 0 Å². The van der Waals surface area contributed by atoms with Crippen molar-refractivity contribution in [2.24, 2.45) is 5.92 Å². The van der Waals surface area contributed by atoms with Crippen LogP contribution in [0.5, 0.6) is 0 Å². The van der Waals surface area contributed by atoms with Crippen molar-refractivity contribution < 1.29 is 24.2 Å². The van der Waals surface area contributed by atoms with Gasteiger partial charge in [-0.25, -0.2) is 6.08 Å². The van der Waals surface area contributed by atoms with E-state index >= 15 is 0 Å². The zero-order valence-electron chi connectivity index (χ0n) is 24.6. The molecule has 1 atom stereocenters. The van der Waals surface area contributed by atoms with Gasteiger partial charge in [0.2, 0.25) is 0 Å². The fourth-order valence-corrected chi connectivity index (χ4v) is 6.24. The van der Waals surface area contributed by atoms with E-state index in [0.29, 0.717) is 5.92 Å². The molecule has 0 radical (unpaired) electrons. The van der Waals surface area contributed by atoms with Crippen molar-refractivity contribution in [2.45, 2.75) is 53.9 Å². The molecule has 40 heavy (non-hydrogen) atoms. The summed E-state index contributed by atoms with van der Waals surface area (Å²) >= 11 is 1.46. The Morgan fingerprint density at radius 1 is 0.700 bits per heavy atom. The molecule has 6 rings (SSSR count). The van der Waals surface area contributed by atoms with Gasteiger partial charge in [-0.05, 0) is 13.8 Å². The molecule has 1 aliphatic rings. The second-order valence-corrected chi connectivity index (χ2v) is 11.7. The van der Waals surface area contributed by atoms with Crippen molar-refractivity contribution in [1.82, 2.24) is 0 Å². The third-order valence-corrected chi connectivity index (χ3v) is 9.02. The van der Waals surface area contributed by atoms with E-state index in [1.54, 1.807) is 5.57 Å². The van der Waals surface area contributed by atoms with E-state index in [1.807, 2.05) is 0 Å². The van der Waals surface area contributed by atoms with E-state index < -0.39 is 0 Å². The first-order chi connectivity index (χ1) is 19.4. The van der Waals surface area contributed by atoms with Crippen LogP contribution in [0.1, 0.15) is 62.3 Å². The van der Waals surface area contributed by atoms with Gasteiger partial charge in [-0.2, -0.15) is 11.1 Å². The van der Waals surface area contributed by atoms with Crippen molar-refractivity contribution >= 4 is 24.8 Å². The average molecular weight is 600 g/mol. The monoisotopic (exact) mass is 598 g/mol. The molecule has 1 unspecified atom stereocenters.